The highest BCUT2D eigenvalue weighted by molar-refractivity contribution is 6.31. The van der Waals surface area contributed by atoms with Gasteiger partial charge in [0.05, 0.1) is 18.1 Å². The van der Waals surface area contributed by atoms with Gasteiger partial charge in [0, 0.05) is 37.6 Å². The molecule has 0 bridgehead atoms. The van der Waals surface area contributed by atoms with Crippen LogP contribution in [-0.2, 0) is 11.3 Å². The Morgan fingerprint density at radius 3 is 2.59 bits per heavy atom. The van der Waals surface area contributed by atoms with Crippen molar-refractivity contribution in [1.29, 1.82) is 0 Å². The second kappa shape index (κ2) is 8.16. The highest BCUT2D eigenvalue weighted by atomic mass is 35.5. The van der Waals surface area contributed by atoms with Crippen molar-refractivity contribution in [2.75, 3.05) is 25.5 Å². The molecule has 1 aliphatic heterocycles. The number of likely N-dealkylation sites (tertiary alicyclic amines) is 1. The van der Waals surface area contributed by atoms with Crippen LogP contribution in [0.4, 0.5) is 10.5 Å². The van der Waals surface area contributed by atoms with Gasteiger partial charge in [0.2, 0.25) is 5.91 Å². The number of benzene rings is 1. The van der Waals surface area contributed by atoms with Crippen LogP contribution < -0.4 is 5.32 Å². The zero-order valence-electron chi connectivity index (χ0n) is 16.7. The molecule has 0 radical (unpaired) electrons. The fourth-order valence-corrected chi connectivity index (χ4v) is 4.84. The Hall–Kier alpha value is -2.38. The predicted octanol–water partition coefficient (Wildman–Crippen LogP) is 3.31. The number of rotatable bonds is 4. The highest BCUT2D eigenvalue weighted by Gasteiger charge is 2.43. The van der Waals surface area contributed by atoms with E-state index in [-0.39, 0.29) is 11.9 Å². The number of nitrogens with one attached hydrogen (secondary N) is 1. The van der Waals surface area contributed by atoms with Crippen molar-refractivity contribution >= 4 is 29.2 Å². The number of nitrogens with zero attached hydrogens (tertiary/aromatic N) is 4. The van der Waals surface area contributed by atoms with Crippen LogP contribution in [-0.4, -0.2) is 57.7 Å². The lowest BCUT2D eigenvalue weighted by Gasteiger charge is -2.26. The lowest BCUT2D eigenvalue weighted by Crippen LogP contribution is -2.36. The van der Waals surface area contributed by atoms with E-state index >= 15 is 0 Å². The van der Waals surface area contributed by atoms with Crippen molar-refractivity contribution in [3.63, 3.8) is 0 Å². The lowest BCUT2D eigenvalue weighted by molar-refractivity contribution is -0.114. The second-order valence-electron chi connectivity index (χ2n) is 8.19. The topological polar surface area (TPSA) is 70.5 Å². The molecule has 154 valence electrons. The molecule has 2 aliphatic rings. The third-order valence-corrected chi connectivity index (χ3v) is 6.47. The average Bonchev–Trinajstić information content (AvgIpc) is 3.37. The summed E-state index contributed by atoms with van der Waals surface area (Å²) >= 11 is 6.31. The number of carbonyl (C=O) groups excluding carboxylic acids is 2. The van der Waals surface area contributed by atoms with Crippen LogP contribution >= 0.6 is 11.6 Å². The third-order valence-electron chi connectivity index (χ3n) is 6.10. The van der Waals surface area contributed by atoms with E-state index < -0.39 is 0 Å². The number of fused-ring (bicyclic) bond motifs is 1. The van der Waals surface area contributed by atoms with Gasteiger partial charge in [-0.25, -0.2) is 4.79 Å². The first-order chi connectivity index (χ1) is 13.9. The maximum atomic E-state index is 12.8. The molecule has 0 spiro atoms. The standard InChI is InChI=1S/C21H26ClN5O2/c1-14(28)24-18-9-23-27(13-18)21(29)26-11-16-7-19(8-17(16)12-26)25(2)10-15-5-3-4-6-20(15)22/h3-6,9,13,16-17,19H,7-8,10-12H2,1-2H3,(H,24,28)/t16-,17+,19-. The average molecular weight is 416 g/mol. The molecule has 1 aliphatic carbocycles. The summed E-state index contributed by atoms with van der Waals surface area (Å²) in [4.78, 5) is 28.2. The molecule has 1 aromatic carbocycles. The van der Waals surface area contributed by atoms with Crippen LogP contribution in [0.5, 0.6) is 0 Å². The van der Waals surface area contributed by atoms with Gasteiger partial charge in [-0.3, -0.25) is 9.69 Å². The summed E-state index contributed by atoms with van der Waals surface area (Å²) in [6.07, 6.45) is 5.24. The predicted molar refractivity (Wildman–Crippen MR) is 112 cm³/mol. The molecule has 29 heavy (non-hydrogen) atoms. The number of hydrogen-bond donors (Lipinski definition) is 1. The molecular weight excluding hydrogens is 390 g/mol. The Morgan fingerprint density at radius 1 is 1.24 bits per heavy atom. The molecular formula is C21H26ClN5O2. The summed E-state index contributed by atoms with van der Waals surface area (Å²) in [5.41, 5.74) is 1.69. The fraction of sp³-hybridized carbons (Fsp3) is 0.476. The van der Waals surface area contributed by atoms with Crippen molar-refractivity contribution in [2.24, 2.45) is 11.8 Å². The summed E-state index contributed by atoms with van der Waals surface area (Å²) in [6.45, 7) is 3.79. The Bertz CT molecular complexity index is 900. The van der Waals surface area contributed by atoms with Gasteiger partial charge in [-0.15, -0.1) is 0 Å². The number of anilines is 1. The molecule has 7 nitrogen and oxygen atoms in total. The number of carbonyl (C=O) groups is 2. The number of amides is 2. The Kier molecular flexibility index (Phi) is 5.61. The first-order valence-electron chi connectivity index (χ1n) is 9.96. The van der Waals surface area contributed by atoms with Gasteiger partial charge in [-0.2, -0.15) is 9.78 Å². The van der Waals surface area contributed by atoms with Crippen molar-refractivity contribution in [3.8, 4) is 0 Å². The zero-order valence-corrected chi connectivity index (χ0v) is 17.5. The Morgan fingerprint density at radius 2 is 1.93 bits per heavy atom. The first-order valence-corrected chi connectivity index (χ1v) is 10.3. The number of halogens is 1. The van der Waals surface area contributed by atoms with Crippen molar-refractivity contribution in [1.82, 2.24) is 19.6 Å². The summed E-state index contributed by atoms with van der Waals surface area (Å²) < 4.78 is 1.31. The molecule has 0 unspecified atom stereocenters. The second-order valence-corrected chi connectivity index (χ2v) is 8.60. The van der Waals surface area contributed by atoms with Gasteiger partial charge in [-0.05, 0) is 43.4 Å². The quantitative estimate of drug-likeness (QED) is 0.831. The highest BCUT2D eigenvalue weighted by Crippen LogP contribution is 2.40. The third kappa shape index (κ3) is 4.31. The van der Waals surface area contributed by atoms with E-state index in [1.54, 1.807) is 6.20 Å². The summed E-state index contributed by atoms with van der Waals surface area (Å²) in [7, 11) is 2.16. The van der Waals surface area contributed by atoms with E-state index in [9.17, 15) is 9.59 Å². The minimum atomic E-state index is -0.181. The summed E-state index contributed by atoms with van der Waals surface area (Å²) in [6, 6.07) is 8.37. The molecule has 8 heteroatoms. The molecule has 2 amide bonds. The van der Waals surface area contributed by atoms with Gasteiger partial charge >= 0.3 is 6.03 Å². The summed E-state index contributed by atoms with van der Waals surface area (Å²) in [5, 5.41) is 7.55. The molecule has 1 saturated heterocycles. The van der Waals surface area contributed by atoms with E-state index in [1.165, 1.54) is 17.8 Å². The van der Waals surface area contributed by atoms with Gasteiger partial charge in [0.25, 0.3) is 0 Å². The fourth-order valence-electron chi connectivity index (χ4n) is 4.65. The molecule has 1 N–H and O–H groups in total. The molecule has 4 rings (SSSR count). The van der Waals surface area contributed by atoms with Gasteiger partial charge < -0.3 is 10.2 Å². The summed E-state index contributed by atoms with van der Waals surface area (Å²) in [5.74, 6) is 0.853. The number of aromatic nitrogens is 2. The number of hydrogen-bond acceptors (Lipinski definition) is 4. The van der Waals surface area contributed by atoms with E-state index in [4.69, 9.17) is 11.6 Å². The zero-order chi connectivity index (χ0) is 20.5. The van der Waals surface area contributed by atoms with Crippen molar-refractivity contribution in [2.45, 2.75) is 32.4 Å². The molecule has 1 saturated carbocycles. The van der Waals surface area contributed by atoms with E-state index in [0.717, 1.165) is 43.1 Å². The molecule has 2 aromatic rings. The minimum Gasteiger partial charge on any atom is -0.324 e. The van der Waals surface area contributed by atoms with Crippen LogP contribution in [0.15, 0.2) is 36.7 Å². The van der Waals surface area contributed by atoms with Crippen LogP contribution in [0.1, 0.15) is 25.3 Å². The minimum absolute atomic E-state index is 0.128. The van der Waals surface area contributed by atoms with E-state index in [0.29, 0.717) is 23.6 Å². The molecule has 1 aromatic heterocycles. The van der Waals surface area contributed by atoms with Gasteiger partial charge in [0.15, 0.2) is 0 Å². The smallest absolute Gasteiger partial charge is 0.324 e. The SMILES string of the molecule is CC(=O)Nc1cnn(C(=O)N2C[C@H]3C[C@@H](N(C)Cc4ccccc4Cl)C[C@H]3C2)c1. The molecule has 2 heterocycles. The maximum Gasteiger partial charge on any atom is 0.344 e. The van der Waals surface area contributed by atoms with Crippen LogP contribution in [0.3, 0.4) is 0 Å². The van der Waals surface area contributed by atoms with Crippen molar-refractivity contribution in [3.05, 3.63) is 47.2 Å². The van der Waals surface area contributed by atoms with Crippen molar-refractivity contribution < 1.29 is 9.59 Å². The monoisotopic (exact) mass is 415 g/mol. The Balaban J connectivity index is 1.32. The largest absolute Gasteiger partial charge is 0.344 e. The molecule has 3 atom stereocenters. The first kappa shape index (κ1) is 19.9. The van der Waals surface area contributed by atoms with E-state index in [2.05, 4.69) is 28.4 Å². The Labute approximate surface area is 175 Å². The van der Waals surface area contributed by atoms with Gasteiger partial charge in [-0.1, -0.05) is 29.8 Å². The molecule has 2 fully saturated rings. The maximum absolute atomic E-state index is 12.8. The normalized spacial score (nSPS) is 23.4. The van der Waals surface area contributed by atoms with Gasteiger partial charge in [0.1, 0.15) is 0 Å². The van der Waals surface area contributed by atoms with Crippen LogP contribution in [0, 0.1) is 11.8 Å². The van der Waals surface area contributed by atoms with E-state index in [1.807, 2.05) is 23.1 Å². The lowest BCUT2D eigenvalue weighted by atomic mass is 10.0. The van der Waals surface area contributed by atoms with Crippen LogP contribution in [0.2, 0.25) is 5.02 Å². The van der Waals surface area contributed by atoms with Crippen LogP contribution in [0.25, 0.3) is 0 Å².